The monoisotopic (exact) mass is 278 g/mol. The van der Waals surface area contributed by atoms with Crippen molar-refractivity contribution in [2.75, 3.05) is 13.6 Å². The van der Waals surface area contributed by atoms with E-state index in [0.717, 1.165) is 25.1 Å². The van der Waals surface area contributed by atoms with Gasteiger partial charge in [-0.15, -0.1) is 11.3 Å². The minimum atomic E-state index is -0.222. The Morgan fingerprint density at radius 1 is 1.32 bits per heavy atom. The highest BCUT2D eigenvalue weighted by Crippen LogP contribution is 2.16. The van der Waals surface area contributed by atoms with E-state index in [1.54, 1.807) is 17.4 Å². The Bertz CT molecular complexity index is 499. The maximum absolute atomic E-state index is 13.1. The second-order valence-corrected chi connectivity index (χ2v) is 5.80. The molecule has 19 heavy (non-hydrogen) atoms. The van der Waals surface area contributed by atoms with Crippen molar-refractivity contribution < 1.29 is 4.39 Å². The summed E-state index contributed by atoms with van der Waals surface area (Å²) < 4.78 is 13.1. The highest BCUT2D eigenvalue weighted by Gasteiger charge is 2.09. The van der Waals surface area contributed by atoms with Crippen LogP contribution in [0, 0.1) is 5.82 Å². The van der Waals surface area contributed by atoms with Crippen LogP contribution in [0.5, 0.6) is 0 Å². The zero-order valence-corrected chi connectivity index (χ0v) is 11.9. The molecule has 0 saturated carbocycles. The van der Waals surface area contributed by atoms with Gasteiger partial charge >= 0.3 is 0 Å². The molecule has 0 aliphatic carbocycles. The highest BCUT2D eigenvalue weighted by atomic mass is 32.1. The molecule has 2 aromatic rings. The van der Waals surface area contributed by atoms with Crippen LogP contribution in [0.3, 0.4) is 0 Å². The number of hydrogen-bond acceptors (Lipinski definition) is 3. The van der Waals surface area contributed by atoms with Gasteiger partial charge in [0.1, 0.15) is 5.82 Å². The fraction of sp³-hybridized carbons (Fsp3) is 0.333. The van der Waals surface area contributed by atoms with Crippen LogP contribution in [0.15, 0.2) is 41.8 Å². The molecule has 2 nitrogen and oxygen atoms in total. The zero-order valence-electron chi connectivity index (χ0n) is 11.1. The van der Waals surface area contributed by atoms with Gasteiger partial charge in [-0.25, -0.2) is 4.39 Å². The van der Waals surface area contributed by atoms with E-state index in [1.165, 1.54) is 17.0 Å². The van der Waals surface area contributed by atoms with Gasteiger partial charge in [0, 0.05) is 24.0 Å². The first kappa shape index (κ1) is 14.2. The molecule has 0 saturated heterocycles. The van der Waals surface area contributed by atoms with Gasteiger partial charge in [0.25, 0.3) is 0 Å². The van der Waals surface area contributed by atoms with E-state index in [-0.39, 0.29) is 11.9 Å². The summed E-state index contributed by atoms with van der Waals surface area (Å²) in [5, 5.41) is 2.08. The SMILES string of the molecule is CN(CCC(N)c1cccc(F)c1)Cc1cccs1. The predicted molar refractivity (Wildman–Crippen MR) is 78.6 cm³/mol. The normalized spacial score (nSPS) is 12.8. The summed E-state index contributed by atoms with van der Waals surface area (Å²) in [7, 11) is 2.08. The van der Waals surface area contributed by atoms with Gasteiger partial charge in [-0.2, -0.15) is 0 Å². The van der Waals surface area contributed by atoms with Crippen molar-refractivity contribution in [3.05, 3.63) is 58.0 Å². The molecule has 1 unspecified atom stereocenters. The first-order chi connectivity index (χ1) is 9.15. The molecule has 0 aliphatic rings. The summed E-state index contributed by atoms with van der Waals surface area (Å²) in [6, 6.07) is 10.6. The van der Waals surface area contributed by atoms with Gasteiger partial charge in [-0.05, 0) is 42.6 Å². The smallest absolute Gasteiger partial charge is 0.123 e. The first-order valence-electron chi connectivity index (χ1n) is 6.37. The van der Waals surface area contributed by atoms with E-state index >= 15 is 0 Å². The summed E-state index contributed by atoms with van der Waals surface area (Å²) in [5.41, 5.74) is 6.96. The molecule has 102 valence electrons. The first-order valence-corrected chi connectivity index (χ1v) is 7.25. The molecule has 2 N–H and O–H groups in total. The van der Waals surface area contributed by atoms with Crippen LogP contribution in [0.4, 0.5) is 4.39 Å². The summed E-state index contributed by atoms with van der Waals surface area (Å²) in [6.07, 6.45) is 0.825. The third-order valence-corrected chi connectivity index (χ3v) is 3.97. The molecule has 0 amide bonds. The lowest BCUT2D eigenvalue weighted by atomic mass is 10.0. The van der Waals surface area contributed by atoms with Crippen molar-refractivity contribution in [1.29, 1.82) is 0 Å². The Morgan fingerprint density at radius 2 is 2.16 bits per heavy atom. The summed E-state index contributed by atoms with van der Waals surface area (Å²) in [6.45, 7) is 1.84. The largest absolute Gasteiger partial charge is 0.324 e. The van der Waals surface area contributed by atoms with E-state index in [9.17, 15) is 4.39 Å². The molecule has 1 heterocycles. The quantitative estimate of drug-likeness (QED) is 0.877. The number of halogens is 1. The van der Waals surface area contributed by atoms with Crippen LogP contribution >= 0.6 is 11.3 Å². The molecule has 1 atom stereocenters. The predicted octanol–water partition coefficient (Wildman–Crippen LogP) is 3.41. The standard InChI is InChI=1S/C15H19FN2S/c1-18(11-14-6-3-9-19-14)8-7-15(17)12-4-2-5-13(16)10-12/h2-6,9-10,15H,7-8,11,17H2,1H3. The van der Waals surface area contributed by atoms with Crippen molar-refractivity contribution in [3.8, 4) is 0 Å². The summed E-state index contributed by atoms with van der Waals surface area (Å²) >= 11 is 1.76. The van der Waals surface area contributed by atoms with Crippen molar-refractivity contribution in [2.24, 2.45) is 5.73 Å². The van der Waals surface area contributed by atoms with Crippen LogP contribution in [-0.4, -0.2) is 18.5 Å². The third kappa shape index (κ3) is 4.42. The molecule has 0 spiro atoms. The molecule has 0 fully saturated rings. The molecule has 1 aromatic carbocycles. The number of rotatable bonds is 6. The fourth-order valence-electron chi connectivity index (χ4n) is 2.01. The van der Waals surface area contributed by atoms with E-state index in [2.05, 4.69) is 29.5 Å². The molecular formula is C15H19FN2S. The average Bonchev–Trinajstić information content (AvgIpc) is 2.88. The molecule has 2 rings (SSSR count). The lowest BCUT2D eigenvalue weighted by molar-refractivity contribution is 0.314. The Balaban J connectivity index is 1.81. The van der Waals surface area contributed by atoms with Crippen LogP contribution in [0.25, 0.3) is 0 Å². The zero-order chi connectivity index (χ0) is 13.7. The average molecular weight is 278 g/mol. The van der Waals surface area contributed by atoms with E-state index < -0.39 is 0 Å². The second-order valence-electron chi connectivity index (χ2n) is 4.77. The summed E-state index contributed by atoms with van der Waals surface area (Å²) in [4.78, 5) is 3.59. The molecule has 0 bridgehead atoms. The van der Waals surface area contributed by atoms with Crippen molar-refractivity contribution >= 4 is 11.3 Å². The molecule has 4 heteroatoms. The molecule has 0 aliphatic heterocycles. The van der Waals surface area contributed by atoms with Crippen LogP contribution in [0.1, 0.15) is 22.9 Å². The maximum atomic E-state index is 13.1. The third-order valence-electron chi connectivity index (χ3n) is 3.10. The van der Waals surface area contributed by atoms with Gasteiger partial charge < -0.3 is 10.6 Å². The fourth-order valence-corrected chi connectivity index (χ4v) is 2.79. The summed E-state index contributed by atoms with van der Waals surface area (Å²) in [5.74, 6) is -0.222. The number of thiophene rings is 1. The van der Waals surface area contributed by atoms with Gasteiger partial charge in [-0.3, -0.25) is 0 Å². The molecular weight excluding hydrogens is 259 g/mol. The van der Waals surface area contributed by atoms with E-state index in [0.29, 0.717) is 0 Å². The Labute approximate surface area is 117 Å². The number of hydrogen-bond donors (Lipinski definition) is 1. The lowest BCUT2D eigenvalue weighted by Gasteiger charge is -2.19. The van der Waals surface area contributed by atoms with E-state index in [4.69, 9.17) is 5.73 Å². The maximum Gasteiger partial charge on any atom is 0.123 e. The Hall–Kier alpha value is -1.23. The van der Waals surface area contributed by atoms with Crippen molar-refractivity contribution in [2.45, 2.75) is 19.0 Å². The van der Waals surface area contributed by atoms with Gasteiger partial charge in [0.2, 0.25) is 0 Å². The van der Waals surface area contributed by atoms with Gasteiger partial charge in [0.05, 0.1) is 0 Å². The van der Waals surface area contributed by atoms with E-state index in [1.807, 2.05) is 6.07 Å². The van der Waals surface area contributed by atoms with Crippen molar-refractivity contribution in [3.63, 3.8) is 0 Å². The Kier molecular flexibility index (Phi) is 5.07. The highest BCUT2D eigenvalue weighted by molar-refractivity contribution is 7.09. The van der Waals surface area contributed by atoms with Crippen LogP contribution in [0.2, 0.25) is 0 Å². The number of nitrogens with two attached hydrogens (primary N) is 1. The van der Waals surface area contributed by atoms with Crippen LogP contribution in [-0.2, 0) is 6.54 Å². The van der Waals surface area contributed by atoms with Crippen LogP contribution < -0.4 is 5.73 Å². The van der Waals surface area contributed by atoms with Gasteiger partial charge in [-0.1, -0.05) is 18.2 Å². The molecule has 0 radical (unpaired) electrons. The number of benzene rings is 1. The topological polar surface area (TPSA) is 29.3 Å². The second kappa shape index (κ2) is 6.80. The number of nitrogens with zero attached hydrogens (tertiary/aromatic N) is 1. The van der Waals surface area contributed by atoms with Crippen molar-refractivity contribution in [1.82, 2.24) is 4.90 Å². The lowest BCUT2D eigenvalue weighted by Crippen LogP contribution is -2.23. The van der Waals surface area contributed by atoms with Gasteiger partial charge in [0.15, 0.2) is 0 Å². The minimum absolute atomic E-state index is 0.110. The Morgan fingerprint density at radius 3 is 2.84 bits per heavy atom. The minimum Gasteiger partial charge on any atom is -0.324 e. The molecule has 1 aromatic heterocycles.